The third-order valence-corrected chi connectivity index (χ3v) is 10.3. The number of rotatable bonds is 4. The number of ether oxygens (including phenoxy) is 1. The van der Waals surface area contributed by atoms with Crippen molar-refractivity contribution in [1.29, 1.82) is 0 Å². The molecular weight excluding hydrogens is 368 g/mol. The average Bonchev–Trinajstić information content (AvgIpc) is 3.39. The van der Waals surface area contributed by atoms with Crippen LogP contribution < -0.4 is 0 Å². The van der Waals surface area contributed by atoms with Gasteiger partial charge in [0.25, 0.3) is 0 Å². The van der Waals surface area contributed by atoms with Crippen LogP contribution in [0.25, 0.3) is 0 Å². The van der Waals surface area contributed by atoms with Gasteiger partial charge in [0.15, 0.2) is 0 Å². The van der Waals surface area contributed by atoms with Crippen molar-refractivity contribution in [3.63, 3.8) is 0 Å². The van der Waals surface area contributed by atoms with Gasteiger partial charge < -0.3 is 9.84 Å². The van der Waals surface area contributed by atoms with E-state index in [-0.39, 0.29) is 23.7 Å². The Hall–Kier alpha value is -0.600. The maximum absolute atomic E-state index is 10.4. The van der Waals surface area contributed by atoms with E-state index in [2.05, 4.69) is 53.7 Å². The van der Waals surface area contributed by atoms with Crippen LogP contribution in [0, 0.1) is 39.9 Å². The Balaban J connectivity index is 1.35. The molecule has 5 aliphatic rings. The molecular formula is C28H44O2. The normalized spacial score (nSPS) is 48.0. The zero-order valence-corrected chi connectivity index (χ0v) is 20.2. The summed E-state index contributed by atoms with van der Waals surface area (Å²) in [4.78, 5) is 0. The van der Waals surface area contributed by atoms with Crippen molar-refractivity contribution in [2.45, 2.75) is 111 Å². The fourth-order valence-electron chi connectivity index (χ4n) is 8.51. The Kier molecular flexibility index (Phi) is 4.92. The smallest absolute Gasteiger partial charge is 0.111 e. The van der Waals surface area contributed by atoms with Crippen LogP contribution in [0.2, 0.25) is 0 Å². The van der Waals surface area contributed by atoms with E-state index >= 15 is 0 Å². The van der Waals surface area contributed by atoms with Crippen LogP contribution in [-0.2, 0) is 4.74 Å². The largest absolute Gasteiger partial charge is 0.390 e. The van der Waals surface area contributed by atoms with Gasteiger partial charge in [0, 0.05) is 5.41 Å². The van der Waals surface area contributed by atoms with E-state index in [1.807, 2.05) is 0 Å². The first-order valence-electron chi connectivity index (χ1n) is 12.8. The summed E-state index contributed by atoms with van der Waals surface area (Å²) in [5, 5.41) is 10.4. The van der Waals surface area contributed by atoms with E-state index < -0.39 is 0 Å². The van der Waals surface area contributed by atoms with Crippen LogP contribution in [0.4, 0.5) is 0 Å². The molecule has 0 radical (unpaired) electrons. The van der Waals surface area contributed by atoms with Gasteiger partial charge in [-0.3, -0.25) is 0 Å². The first-order valence-corrected chi connectivity index (χ1v) is 12.8. The van der Waals surface area contributed by atoms with E-state index in [0.717, 1.165) is 24.2 Å². The average molecular weight is 413 g/mol. The molecule has 2 heteroatoms. The first-order chi connectivity index (χ1) is 14.1. The summed E-state index contributed by atoms with van der Waals surface area (Å²) in [6.07, 6.45) is 15.3. The summed E-state index contributed by atoms with van der Waals surface area (Å²) in [6.45, 7) is 14.8. The molecule has 4 fully saturated rings. The number of aliphatic hydroxyl groups is 1. The zero-order chi connectivity index (χ0) is 21.5. The number of hydrogen-bond acceptors (Lipinski definition) is 2. The Labute approximate surface area is 184 Å². The SMILES string of the molecule is C[C@H](CCCC(C)(C)C)C1CCC2C3=CC=C4C[C@@H](O)[C@@H]5O[C@@H]5[C@]4(C)C3CC[C@@]21C. The van der Waals surface area contributed by atoms with Crippen LogP contribution in [0.15, 0.2) is 23.3 Å². The monoisotopic (exact) mass is 412 g/mol. The highest BCUT2D eigenvalue weighted by molar-refractivity contribution is 5.42. The lowest BCUT2D eigenvalue weighted by atomic mass is 9.50. The summed E-state index contributed by atoms with van der Waals surface area (Å²) < 4.78 is 6.06. The van der Waals surface area contributed by atoms with Crippen LogP contribution in [0.5, 0.6) is 0 Å². The van der Waals surface area contributed by atoms with Gasteiger partial charge in [-0.1, -0.05) is 77.7 Å². The molecule has 1 heterocycles. The van der Waals surface area contributed by atoms with E-state index in [0.29, 0.717) is 16.7 Å². The number of aliphatic hydroxyl groups excluding tert-OH is 1. The highest BCUT2D eigenvalue weighted by Gasteiger charge is 2.66. The Morgan fingerprint density at radius 3 is 2.63 bits per heavy atom. The molecule has 3 unspecified atom stereocenters. The molecule has 1 aliphatic heterocycles. The van der Waals surface area contributed by atoms with E-state index in [1.165, 1.54) is 50.5 Å². The van der Waals surface area contributed by atoms with Crippen molar-refractivity contribution in [2.24, 2.45) is 39.9 Å². The molecule has 0 aromatic carbocycles. The predicted molar refractivity (Wildman–Crippen MR) is 123 cm³/mol. The van der Waals surface area contributed by atoms with Gasteiger partial charge >= 0.3 is 0 Å². The molecule has 1 saturated heterocycles. The third-order valence-electron chi connectivity index (χ3n) is 10.3. The van der Waals surface area contributed by atoms with Gasteiger partial charge in [-0.15, -0.1) is 0 Å². The molecule has 3 saturated carbocycles. The number of hydrogen-bond donors (Lipinski definition) is 1. The van der Waals surface area contributed by atoms with E-state index in [9.17, 15) is 5.11 Å². The van der Waals surface area contributed by atoms with E-state index in [4.69, 9.17) is 4.74 Å². The van der Waals surface area contributed by atoms with Gasteiger partial charge in [0.05, 0.1) is 12.2 Å². The van der Waals surface area contributed by atoms with E-state index in [1.54, 1.807) is 5.57 Å². The van der Waals surface area contributed by atoms with Gasteiger partial charge in [0.1, 0.15) is 6.10 Å². The van der Waals surface area contributed by atoms with Crippen molar-refractivity contribution < 1.29 is 9.84 Å². The standard InChI is InChI=1S/C28H44O2/c1-17(8-7-14-26(2,3)4)20-11-12-21-19-10-9-18-16-23(29)24-25(30-24)28(18,6)22(19)13-15-27(20,21)5/h9-10,17,20-25,29H,7-8,11-16H2,1-6H3/t17-,20?,21?,22?,23-,24+,25+,27-,28+/m1/s1. The lowest BCUT2D eigenvalue weighted by molar-refractivity contribution is 0.0403. The minimum Gasteiger partial charge on any atom is -0.390 e. The molecule has 0 aromatic rings. The molecule has 1 N–H and O–H groups in total. The summed E-state index contributed by atoms with van der Waals surface area (Å²) in [7, 11) is 0. The second-order valence-electron chi connectivity index (χ2n) is 13.2. The Bertz CT molecular complexity index is 757. The number of allylic oxidation sites excluding steroid dienone is 3. The summed E-state index contributed by atoms with van der Waals surface area (Å²) in [5.74, 6) is 3.10. The lowest BCUT2D eigenvalue weighted by Gasteiger charge is -2.54. The molecule has 0 aromatic heterocycles. The second kappa shape index (κ2) is 6.95. The molecule has 0 bridgehead atoms. The molecule has 0 amide bonds. The van der Waals surface area contributed by atoms with Gasteiger partial charge in [-0.2, -0.15) is 0 Å². The third kappa shape index (κ3) is 3.11. The van der Waals surface area contributed by atoms with Gasteiger partial charge in [0.2, 0.25) is 0 Å². The van der Waals surface area contributed by atoms with Crippen molar-refractivity contribution in [3.05, 3.63) is 23.3 Å². The quantitative estimate of drug-likeness (QED) is 0.522. The second-order valence-corrected chi connectivity index (χ2v) is 13.2. The van der Waals surface area contributed by atoms with Crippen molar-refractivity contribution in [3.8, 4) is 0 Å². The highest BCUT2D eigenvalue weighted by Crippen LogP contribution is 2.68. The number of epoxide rings is 1. The maximum Gasteiger partial charge on any atom is 0.111 e. The van der Waals surface area contributed by atoms with Crippen LogP contribution in [0.1, 0.15) is 92.9 Å². The van der Waals surface area contributed by atoms with Gasteiger partial charge in [-0.05, 0) is 73.0 Å². The zero-order valence-electron chi connectivity index (χ0n) is 20.2. The van der Waals surface area contributed by atoms with Gasteiger partial charge in [-0.25, -0.2) is 0 Å². The summed E-state index contributed by atoms with van der Waals surface area (Å²) >= 11 is 0. The Morgan fingerprint density at radius 2 is 1.90 bits per heavy atom. The highest BCUT2D eigenvalue weighted by atomic mass is 16.6. The minimum absolute atomic E-state index is 0.0963. The Morgan fingerprint density at radius 1 is 1.13 bits per heavy atom. The maximum atomic E-state index is 10.4. The summed E-state index contributed by atoms with van der Waals surface area (Å²) in [6, 6.07) is 0. The van der Waals surface area contributed by atoms with Crippen molar-refractivity contribution >= 4 is 0 Å². The molecule has 2 nitrogen and oxygen atoms in total. The molecule has 4 aliphatic carbocycles. The minimum atomic E-state index is -0.289. The first kappa shape index (κ1) is 21.3. The molecule has 9 atom stereocenters. The van der Waals surface area contributed by atoms with Crippen LogP contribution in [0.3, 0.4) is 0 Å². The molecule has 30 heavy (non-hydrogen) atoms. The number of fused-ring (bicyclic) bond motifs is 7. The fraction of sp³-hybridized carbons (Fsp3) is 0.857. The topological polar surface area (TPSA) is 32.8 Å². The molecule has 168 valence electrons. The van der Waals surface area contributed by atoms with Crippen molar-refractivity contribution in [1.82, 2.24) is 0 Å². The van der Waals surface area contributed by atoms with Crippen LogP contribution in [-0.4, -0.2) is 23.4 Å². The van der Waals surface area contributed by atoms with Crippen LogP contribution >= 0.6 is 0 Å². The fourth-order valence-corrected chi connectivity index (χ4v) is 8.51. The van der Waals surface area contributed by atoms with Crippen molar-refractivity contribution in [2.75, 3.05) is 0 Å². The molecule has 5 rings (SSSR count). The molecule has 0 spiro atoms. The lowest BCUT2D eigenvalue weighted by Crippen LogP contribution is -2.49. The summed E-state index contributed by atoms with van der Waals surface area (Å²) in [5.41, 5.74) is 4.26. The predicted octanol–water partition coefficient (Wildman–Crippen LogP) is 6.69.